The third-order valence-electron chi connectivity index (χ3n) is 5.52. The predicted molar refractivity (Wildman–Crippen MR) is 129 cm³/mol. The molecular weight excluding hydrogens is 456 g/mol. The fourth-order valence-corrected chi connectivity index (χ4v) is 4.23. The Morgan fingerprint density at radius 2 is 0.900 bits per heavy atom. The average Bonchev–Trinajstić information content (AvgIpc) is 3.30. The number of rotatable bonds is 0. The molecule has 4 radical (unpaired) electrons. The van der Waals surface area contributed by atoms with E-state index in [2.05, 4.69) is 111 Å². The monoisotopic (exact) mass is 476 g/mol. The average molecular weight is 478 g/mol. The predicted octanol–water partition coefficient (Wildman–Crippen LogP) is 7.66. The van der Waals surface area contributed by atoms with Crippen molar-refractivity contribution < 1.29 is 26.2 Å². The molecule has 0 aliphatic heterocycles. The van der Waals surface area contributed by atoms with Gasteiger partial charge in [0, 0.05) is 11.0 Å². The van der Waals surface area contributed by atoms with Gasteiger partial charge in [-0.15, -0.1) is 56.9 Å². The minimum Gasteiger partial charge on any atom is -0.165 e. The summed E-state index contributed by atoms with van der Waals surface area (Å²) in [7, 11) is 0. The summed E-state index contributed by atoms with van der Waals surface area (Å²) in [4.78, 5) is 0. The van der Waals surface area contributed by atoms with Crippen molar-refractivity contribution in [2.24, 2.45) is 0 Å². The van der Waals surface area contributed by atoms with Gasteiger partial charge in [0.15, 0.2) is 0 Å². The smallest absolute Gasteiger partial charge is 0.165 e. The van der Waals surface area contributed by atoms with Gasteiger partial charge in [0.1, 0.15) is 0 Å². The second-order valence-electron chi connectivity index (χ2n) is 7.64. The molecule has 0 saturated heterocycles. The maximum Gasteiger partial charge on any atom is 2.00 e. The number of hydrogen-bond donors (Lipinski definition) is 0. The van der Waals surface area contributed by atoms with Gasteiger partial charge in [-0.05, 0) is 10.8 Å². The van der Waals surface area contributed by atoms with Crippen molar-refractivity contribution in [3.63, 3.8) is 0 Å². The molecule has 0 aromatic heterocycles. The normalized spacial score (nSPS) is 10.5. The maximum absolute atomic E-state index is 2.26. The molecule has 0 N–H and O–H groups in total. The Balaban J connectivity index is 0.000000160. The standard InChI is InChI=1S/2C14H11.Si.Zr/c2*1-10-8-12-7-6-11-4-2-3-5-13(11)14(12)9-10;;/h2*2-9H,1H3;;/q2*-1;;+2. The fourth-order valence-electron chi connectivity index (χ4n) is 4.23. The van der Waals surface area contributed by atoms with Crippen LogP contribution in [0.25, 0.3) is 43.1 Å². The summed E-state index contributed by atoms with van der Waals surface area (Å²) in [5, 5.41) is 10.8. The van der Waals surface area contributed by atoms with Crippen LogP contribution in [0.15, 0.2) is 97.1 Å². The molecule has 0 amide bonds. The van der Waals surface area contributed by atoms with E-state index in [1.807, 2.05) is 0 Å². The van der Waals surface area contributed by atoms with Crippen LogP contribution in [0.5, 0.6) is 0 Å². The molecule has 6 rings (SSSR count). The van der Waals surface area contributed by atoms with Crippen molar-refractivity contribution in [3.8, 4) is 0 Å². The summed E-state index contributed by atoms with van der Waals surface area (Å²) in [6.07, 6.45) is 0. The first-order valence-corrected chi connectivity index (χ1v) is 9.79. The van der Waals surface area contributed by atoms with Crippen molar-refractivity contribution in [2.45, 2.75) is 13.8 Å². The van der Waals surface area contributed by atoms with Gasteiger partial charge in [0.05, 0.1) is 0 Å². The van der Waals surface area contributed by atoms with E-state index in [0.717, 1.165) is 0 Å². The number of aryl methyl sites for hydroxylation is 2. The molecule has 0 unspecified atom stereocenters. The first kappa shape index (κ1) is 22.4. The molecular formula is C28H22SiZr. The Labute approximate surface area is 201 Å². The van der Waals surface area contributed by atoms with Gasteiger partial charge in [-0.25, -0.2) is 0 Å². The molecule has 0 saturated carbocycles. The van der Waals surface area contributed by atoms with Crippen molar-refractivity contribution in [1.82, 2.24) is 0 Å². The van der Waals surface area contributed by atoms with E-state index < -0.39 is 0 Å². The van der Waals surface area contributed by atoms with Gasteiger partial charge in [0.2, 0.25) is 0 Å². The van der Waals surface area contributed by atoms with Crippen LogP contribution in [-0.4, -0.2) is 11.0 Å². The van der Waals surface area contributed by atoms with Crippen LogP contribution in [0, 0.1) is 13.8 Å². The van der Waals surface area contributed by atoms with Crippen molar-refractivity contribution in [1.29, 1.82) is 0 Å². The molecule has 30 heavy (non-hydrogen) atoms. The van der Waals surface area contributed by atoms with E-state index >= 15 is 0 Å². The van der Waals surface area contributed by atoms with Crippen LogP contribution < -0.4 is 0 Å². The second kappa shape index (κ2) is 9.25. The molecule has 6 aromatic carbocycles. The minimum absolute atomic E-state index is 0. The van der Waals surface area contributed by atoms with Crippen molar-refractivity contribution >= 4 is 54.1 Å². The Hall–Kier alpha value is -2.28. The summed E-state index contributed by atoms with van der Waals surface area (Å²) >= 11 is 0. The Morgan fingerprint density at radius 3 is 1.33 bits per heavy atom. The number of fused-ring (bicyclic) bond motifs is 6. The molecule has 2 heteroatoms. The van der Waals surface area contributed by atoms with Gasteiger partial charge in [0.25, 0.3) is 0 Å². The molecule has 0 aliphatic rings. The van der Waals surface area contributed by atoms with Crippen molar-refractivity contribution in [2.75, 3.05) is 0 Å². The zero-order valence-electron chi connectivity index (χ0n) is 17.2. The van der Waals surface area contributed by atoms with Gasteiger partial charge in [-0.3, -0.25) is 0 Å². The fraction of sp³-hybridized carbons (Fsp3) is 0.0714. The van der Waals surface area contributed by atoms with Crippen LogP contribution >= 0.6 is 0 Å². The molecule has 0 atom stereocenters. The van der Waals surface area contributed by atoms with Crippen molar-refractivity contribution in [3.05, 3.63) is 108 Å². The number of benzene rings is 4. The van der Waals surface area contributed by atoms with Gasteiger partial charge in [-0.1, -0.05) is 85.3 Å². The van der Waals surface area contributed by atoms with Crippen LogP contribution in [-0.2, 0) is 26.2 Å². The first-order valence-electron chi connectivity index (χ1n) is 9.79. The number of hydrogen-bond acceptors (Lipinski definition) is 0. The Kier molecular flexibility index (Phi) is 6.91. The van der Waals surface area contributed by atoms with Gasteiger partial charge >= 0.3 is 26.2 Å². The second-order valence-corrected chi connectivity index (χ2v) is 7.64. The maximum atomic E-state index is 2.26. The van der Waals surface area contributed by atoms with Gasteiger partial charge < -0.3 is 0 Å². The van der Waals surface area contributed by atoms with E-state index in [4.69, 9.17) is 0 Å². The van der Waals surface area contributed by atoms with E-state index in [9.17, 15) is 0 Å². The topological polar surface area (TPSA) is 0 Å². The molecule has 0 bridgehead atoms. The summed E-state index contributed by atoms with van der Waals surface area (Å²) < 4.78 is 0. The van der Waals surface area contributed by atoms with Gasteiger partial charge in [-0.2, -0.15) is 12.1 Å². The molecule has 0 nitrogen and oxygen atoms in total. The zero-order chi connectivity index (χ0) is 19.1. The molecule has 0 fully saturated rings. The summed E-state index contributed by atoms with van der Waals surface area (Å²) in [6, 6.07) is 34.9. The molecule has 6 aromatic rings. The first-order chi connectivity index (χ1) is 13.7. The zero-order valence-corrected chi connectivity index (χ0v) is 20.7. The summed E-state index contributed by atoms with van der Waals surface area (Å²) in [5.41, 5.74) is 2.69. The van der Waals surface area contributed by atoms with E-state index in [1.165, 1.54) is 54.2 Å². The van der Waals surface area contributed by atoms with E-state index in [0.29, 0.717) is 0 Å². The quantitative estimate of drug-likeness (QED) is 0.156. The molecule has 0 aliphatic carbocycles. The van der Waals surface area contributed by atoms with E-state index in [-0.39, 0.29) is 37.2 Å². The molecule has 142 valence electrons. The third kappa shape index (κ3) is 4.13. The van der Waals surface area contributed by atoms with Crippen LogP contribution in [0.2, 0.25) is 0 Å². The summed E-state index contributed by atoms with van der Waals surface area (Å²) in [6.45, 7) is 4.30. The minimum atomic E-state index is 0. The Bertz CT molecular complexity index is 1320. The van der Waals surface area contributed by atoms with Crippen LogP contribution in [0.1, 0.15) is 11.1 Å². The molecule has 0 heterocycles. The molecule has 0 spiro atoms. The SMILES string of the molecule is Cc1cc2c(ccc3ccccc32)[cH-]1.Cc1cc2c(ccc3ccccc32)[cH-]1.[Si].[Zr+2]. The largest absolute Gasteiger partial charge is 2.00 e. The third-order valence-corrected chi connectivity index (χ3v) is 5.52. The van der Waals surface area contributed by atoms with Crippen LogP contribution in [0.4, 0.5) is 0 Å². The van der Waals surface area contributed by atoms with Crippen LogP contribution in [0.3, 0.4) is 0 Å². The van der Waals surface area contributed by atoms with E-state index in [1.54, 1.807) is 0 Å². The Morgan fingerprint density at radius 1 is 0.500 bits per heavy atom. The summed E-state index contributed by atoms with van der Waals surface area (Å²) in [5.74, 6) is 0.